The van der Waals surface area contributed by atoms with Crippen molar-refractivity contribution in [3.05, 3.63) is 58.9 Å². The predicted octanol–water partition coefficient (Wildman–Crippen LogP) is 6.74. The van der Waals surface area contributed by atoms with Crippen LogP contribution < -0.4 is 0 Å². The second kappa shape index (κ2) is 8.65. The molecule has 2 aromatic carbocycles. The van der Waals surface area contributed by atoms with Gasteiger partial charge in [-0.1, -0.05) is 13.8 Å². The minimum Gasteiger partial charge on any atom is -0.479 e. The number of nitrogens with one attached hydrogen (secondary N) is 1. The summed E-state index contributed by atoms with van der Waals surface area (Å²) in [5.41, 5.74) is 0.0211. The van der Waals surface area contributed by atoms with Crippen molar-refractivity contribution < 1.29 is 23.1 Å². The molecule has 1 saturated carbocycles. The maximum Gasteiger partial charge on any atom is 0.341 e. The Kier molecular flexibility index (Phi) is 5.81. The van der Waals surface area contributed by atoms with Gasteiger partial charge in [-0.25, -0.2) is 18.0 Å². The number of benzene rings is 2. The van der Waals surface area contributed by atoms with Gasteiger partial charge in [-0.2, -0.15) is 10.4 Å². The number of rotatable bonds is 5. The number of H-pyrrole nitrogens is 1. The van der Waals surface area contributed by atoms with E-state index in [1.807, 2.05) is 24.5 Å². The molecular formula is C28H27F3N4O2. The third-order valence-corrected chi connectivity index (χ3v) is 7.78. The van der Waals surface area contributed by atoms with Crippen molar-refractivity contribution in [1.29, 1.82) is 5.26 Å². The molecule has 2 N–H and O–H groups in total. The lowest BCUT2D eigenvalue weighted by Crippen LogP contribution is -2.37. The van der Waals surface area contributed by atoms with Crippen LogP contribution in [0.1, 0.15) is 68.7 Å². The fourth-order valence-corrected chi connectivity index (χ4v) is 5.79. The van der Waals surface area contributed by atoms with Crippen molar-refractivity contribution >= 4 is 27.8 Å². The lowest BCUT2D eigenvalue weighted by Gasteiger charge is -2.34. The zero-order valence-corrected chi connectivity index (χ0v) is 20.8. The first kappa shape index (κ1) is 24.9. The van der Waals surface area contributed by atoms with E-state index in [-0.39, 0.29) is 49.4 Å². The van der Waals surface area contributed by atoms with Crippen molar-refractivity contribution in [3.8, 4) is 11.8 Å². The van der Waals surface area contributed by atoms with Crippen LogP contribution in [0.2, 0.25) is 0 Å². The zero-order chi connectivity index (χ0) is 26.7. The Hall–Kier alpha value is -3.80. The van der Waals surface area contributed by atoms with Crippen molar-refractivity contribution in [2.24, 2.45) is 0 Å². The number of aliphatic carboxylic acids is 1. The average molecular weight is 509 g/mol. The second-order valence-electron chi connectivity index (χ2n) is 10.7. The summed E-state index contributed by atoms with van der Waals surface area (Å²) in [7, 11) is 0. The zero-order valence-electron chi connectivity index (χ0n) is 20.8. The quantitative estimate of drug-likeness (QED) is 0.312. The number of aryl methyl sites for hydroxylation is 1. The van der Waals surface area contributed by atoms with Gasteiger partial charge in [0, 0.05) is 34.0 Å². The Morgan fingerprint density at radius 1 is 1.30 bits per heavy atom. The summed E-state index contributed by atoms with van der Waals surface area (Å²) in [4.78, 5) is 11.5. The Morgan fingerprint density at radius 2 is 2.00 bits per heavy atom. The van der Waals surface area contributed by atoms with Crippen LogP contribution in [0, 0.1) is 29.9 Å². The lowest BCUT2D eigenvalue weighted by atomic mass is 9.73. The van der Waals surface area contributed by atoms with E-state index in [9.17, 15) is 23.9 Å². The molecule has 1 aliphatic carbocycles. The molecule has 37 heavy (non-hydrogen) atoms. The molecular weight excluding hydrogens is 481 g/mol. The fraction of sp³-hybridized carbons (Fsp3) is 0.393. The summed E-state index contributed by atoms with van der Waals surface area (Å²) in [5.74, 6) is -2.70. The van der Waals surface area contributed by atoms with Gasteiger partial charge in [-0.15, -0.1) is 0 Å². The molecule has 1 aliphatic rings. The van der Waals surface area contributed by atoms with Gasteiger partial charge in [0.1, 0.15) is 11.3 Å². The van der Waals surface area contributed by atoms with E-state index in [0.29, 0.717) is 38.8 Å². The maximum absolute atomic E-state index is 16.2. The van der Waals surface area contributed by atoms with Gasteiger partial charge in [0.2, 0.25) is 5.67 Å². The van der Waals surface area contributed by atoms with Crippen LogP contribution in [0.25, 0.3) is 27.5 Å². The molecule has 0 bridgehead atoms. The Morgan fingerprint density at radius 3 is 2.62 bits per heavy atom. The van der Waals surface area contributed by atoms with Gasteiger partial charge >= 0.3 is 5.97 Å². The molecule has 4 aromatic rings. The van der Waals surface area contributed by atoms with E-state index in [4.69, 9.17) is 0 Å². The number of halogens is 3. The van der Waals surface area contributed by atoms with E-state index in [0.717, 1.165) is 0 Å². The first-order valence-corrected chi connectivity index (χ1v) is 12.2. The molecule has 192 valence electrons. The highest BCUT2D eigenvalue weighted by atomic mass is 19.1. The number of alkyl halides is 1. The molecule has 0 atom stereocenters. The number of carboxylic acids is 1. The molecule has 0 aliphatic heterocycles. The number of aromatic amines is 1. The van der Waals surface area contributed by atoms with E-state index < -0.39 is 22.9 Å². The number of carboxylic acid groups (broad SMARTS) is 1. The number of fused-ring (bicyclic) bond motifs is 2. The Balaban J connectivity index is 1.88. The number of hydrogen-bond acceptors (Lipinski definition) is 3. The van der Waals surface area contributed by atoms with Crippen LogP contribution in [-0.2, 0) is 10.2 Å². The van der Waals surface area contributed by atoms with Crippen LogP contribution in [0.15, 0.2) is 30.5 Å². The van der Waals surface area contributed by atoms with E-state index in [2.05, 4.69) is 16.3 Å². The smallest absolute Gasteiger partial charge is 0.341 e. The molecule has 0 amide bonds. The van der Waals surface area contributed by atoms with Crippen LogP contribution in [0.5, 0.6) is 0 Å². The SMILES string of the molecule is Cc1cc(-n2c(C(C)(C)CC#N)c(C3CCC(F)(C(=O)O)CC3)c3c(F)c4[nH]ncc4cc32)ccc1F. The van der Waals surface area contributed by atoms with Gasteiger partial charge in [0.05, 0.1) is 17.8 Å². The van der Waals surface area contributed by atoms with Gasteiger partial charge < -0.3 is 9.67 Å². The summed E-state index contributed by atoms with van der Waals surface area (Å²) < 4.78 is 47.3. The number of aromatic nitrogens is 3. The first-order valence-electron chi connectivity index (χ1n) is 12.2. The second-order valence-corrected chi connectivity index (χ2v) is 10.7. The third kappa shape index (κ3) is 3.86. The molecule has 5 rings (SSSR count). The number of nitriles is 1. The number of nitrogens with zero attached hydrogens (tertiary/aromatic N) is 3. The number of carbonyl (C=O) groups is 1. The molecule has 9 heteroatoms. The van der Waals surface area contributed by atoms with Gasteiger partial charge in [0.25, 0.3) is 0 Å². The largest absolute Gasteiger partial charge is 0.479 e. The molecule has 1 fully saturated rings. The van der Waals surface area contributed by atoms with Crippen molar-refractivity contribution in [1.82, 2.24) is 14.8 Å². The highest BCUT2D eigenvalue weighted by molar-refractivity contribution is 6.00. The van der Waals surface area contributed by atoms with E-state index >= 15 is 4.39 Å². The highest BCUT2D eigenvalue weighted by Crippen LogP contribution is 2.49. The summed E-state index contributed by atoms with van der Waals surface area (Å²) >= 11 is 0. The van der Waals surface area contributed by atoms with Gasteiger partial charge in [0.15, 0.2) is 5.82 Å². The summed E-state index contributed by atoms with van der Waals surface area (Å²) in [6, 6.07) is 8.69. The minimum atomic E-state index is -2.32. The third-order valence-electron chi connectivity index (χ3n) is 7.78. The topological polar surface area (TPSA) is 94.7 Å². The monoisotopic (exact) mass is 508 g/mol. The highest BCUT2D eigenvalue weighted by Gasteiger charge is 2.45. The molecule has 0 unspecified atom stereocenters. The van der Waals surface area contributed by atoms with Crippen molar-refractivity contribution in [3.63, 3.8) is 0 Å². The standard InChI is InChI=1S/C28H27F3N4O2/c1-15-12-18(4-5-19(15)29)35-20-13-17-14-33-34-24(17)23(30)22(20)21(25(35)27(2,3)10-11-32)16-6-8-28(31,9-7-16)26(36)37/h4-5,12-14,16H,6-10H2,1-3H3,(H,33,34)(H,36,37). The molecule has 2 aromatic heterocycles. The van der Waals surface area contributed by atoms with Crippen LogP contribution in [0.4, 0.5) is 13.2 Å². The van der Waals surface area contributed by atoms with Gasteiger partial charge in [-0.3, -0.25) is 5.10 Å². The maximum atomic E-state index is 16.2. The Labute approximate surface area is 211 Å². The predicted molar refractivity (Wildman–Crippen MR) is 134 cm³/mol. The fourth-order valence-electron chi connectivity index (χ4n) is 5.79. The number of hydrogen-bond donors (Lipinski definition) is 2. The normalized spacial score (nSPS) is 20.4. The Bertz CT molecular complexity index is 1590. The molecule has 0 radical (unpaired) electrons. The van der Waals surface area contributed by atoms with Crippen LogP contribution in [-0.4, -0.2) is 31.5 Å². The van der Waals surface area contributed by atoms with Crippen molar-refractivity contribution in [2.45, 2.75) is 69.9 Å². The molecule has 0 spiro atoms. The van der Waals surface area contributed by atoms with Gasteiger partial charge in [-0.05, 0) is 73.9 Å². The average Bonchev–Trinajstić information content (AvgIpc) is 3.45. The summed E-state index contributed by atoms with van der Waals surface area (Å²) in [6.07, 6.45) is 1.67. The molecule has 0 saturated heterocycles. The first-order chi connectivity index (χ1) is 17.5. The summed E-state index contributed by atoms with van der Waals surface area (Å²) in [5, 5.41) is 26.7. The van der Waals surface area contributed by atoms with Crippen LogP contribution >= 0.6 is 0 Å². The van der Waals surface area contributed by atoms with E-state index in [1.165, 1.54) is 12.3 Å². The lowest BCUT2D eigenvalue weighted by molar-refractivity contribution is -0.153. The van der Waals surface area contributed by atoms with Crippen molar-refractivity contribution in [2.75, 3.05) is 0 Å². The molecule has 2 heterocycles. The summed E-state index contributed by atoms with van der Waals surface area (Å²) in [6.45, 7) is 5.44. The van der Waals surface area contributed by atoms with E-state index in [1.54, 1.807) is 19.1 Å². The molecule has 6 nitrogen and oxygen atoms in total. The van der Waals surface area contributed by atoms with Crippen LogP contribution in [0.3, 0.4) is 0 Å². The minimum absolute atomic E-state index is 0.117.